The predicted octanol–water partition coefficient (Wildman–Crippen LogP) is 3.87. The minimum Gasteiger partial charge on any atom is -0.361 e. The van der Waals surface area contributed by atoms with Gasteiger partial charge in [0, 0.05) is 28.7 Å². The number of halogens is 2. The molecule has 24 heavy (non-hydrogen) atoms. The Hall–Kier alpha value is -1.89. The second-order valence-corrected chi connectivity index (χ2v) is 7.66. The Morgan fingerprint density at radius 2 is 1.88 bits per heavy atom. The van der Waals surface area contributed by atoms with Crippen LogP contribution in [0.3, 0.4) is 0 Å². The van der Waals surface area contributed by atoms with Crippen LogP contribution in [0.25, 0.3) is 10.9 Å². The number of rotatable bonds is 6. The van der Waals surface area contributed by atoms with E-state index in [-0.39, 0.29) is 4.90 Å². The van der Waals surface area contributed by atoms with Crippen LogP contribution in [0.2, 0.25) is 5.02 Å². The van der Waals surface area contributed by atoms with Crippen molar-refractivity contribution < 1.29 is 12.8 Å². The summed E-state index contributed by atoms with van der Waals surface area (Å²) in [4.78, 5) is 3.23. The third-order valence-corrected chi connectivity index (χ3v) is 5.48. The van der Waals surface area contributed by atoms with Crippen LogP contribution in [0.1, 0.15) is 12.0 Å². The summed E-state index contributed by atoms with van der Waals surface area (Å²) in [5, 5.41) is 1.71. The molecule has 3 rings (SSSR count). The van der Waals surface area contributed by atoms with Crippen molar-refractivity contribution in [2.45, 2.75) is 17.7 Å². The third kappa shape index (κ3) is 3.77. The zero-order chi connectivity index (χ0) is 17.2. The molecule has 0 amide bonds. The minimum absolute atomic E-state index is 0.0581. The van der Waals surface area contributed by atoms with E-state index in [9.17, 15) is 12.8 Å². The minimum atomic E-state index is -3.61. The number of aryl methyl sites for hydroxylation is 1. The Morgan fingerprint density at radius 3 is 2.62 bits per heavy atom. The van der Waals surface area contributed by atoms with E-state index in [1.807, 2.05) is 24.4 Å². The van der Waals surface area contributed by atoms with E-state index in [2.05, 4.69) is 9.71 Å². The van der Waals surface area contributed by atoms with Gasteiger partial charge in [0.15, 0.2) is 0 Å². The van der Waals surface area contributed by atoms with Gasteiger partial charge in [0.05, 0.1) is 4.90 Å². The van der Waals surface area contributed by atoms with Crippen molar-refractivity contribution in [3.63, 3.8) is 0 Å². The van der Waals surface area contributed by atoms with Crippen molar-refractivity contribution in [3.05, 3.63) is 65.1 Å². The maximum Gasteiger partial charge on any atom is 0.240 e. The first kappa shape index (κ1) is 17.0. The van der Waals surface area contributed by atoms with Gasteiger partial charge in [0.1, 0.15) is 5.82 Å². The molecule has 0 aliphatic rings. The number of hydrogen-bond acceptors (Lipinski definition) is 2. The number of hydrogen-bond donors (Lipinski definition) is 2. The van der Waals surface area contributed by atoms with Gasteiger partial charge in [-0.1, -0.05) is 11.6 Å². The average molecular weight is 367 g/mol. The van der Waals surface area contributed by atoms with Gasteiger partial charge >= 0.3 is 0 Å². The molecule has 3 aromatic rings. The molecule has 0 saturated heterocycles. The van der Waals surface area contributed by atoms with Crippen LogP contribution in [0.5, 0.6) is 0 Å². The van der Waals surface area contributed by atoms with Crippen LogP contribution in [-0.4, -0.2) is 19.9 Å². The summed E-state index contributed by atoms with van der Waals surface area (Å²) in [6.07, 6.45) is 3.27. The summed E-state index contributed by atoms with van der Waals surface area (Å²) in [6, 6.07) is 10.4. The lowest BCUT2D eigenvalue weighted by atomic mass is 10.1. The smallest absolute Gasteiger partial charge is 0.240 e. The molecule has 2 aromatic carbocycles. The summed E-state index contributed by atoms with van der Waals surface area (Å²) in [5.74, 6) is -0.466. The van der Waals surface area contributed by atoms with E-state index in [1.54, 1.807) is 0 Å². The summed E-state index contributed by atoms with van der Waals surface area (Å²) in [6.45, 7) is 0.299. The van der Waals surface area contributed by atoms with Gasteiger partial charge in [-0.25, -0.2) is 17.5 Å². The molecule has 0 fully saturated rings. The van der Waals surface area contributed by atoms with Crippen LogP contribution in [0.15, 0.2) is 53.6 Å². The highest BCUT2D eigenvalue weighted by Crippen LogP contribution is 2.23. The molecule has 7 heteroatoms. The van der Waals surface area contributed by atoms with E-state index >= 15 is 0 Å². The van der Waals surface area contributed by atoms with Crippen molar-refractivity contribution in [2.24, 2.45) is 0 Å². The highest BCUT2D eigenvalue weighted by molar-refractivity contribution is 7.89. The van der Waals surface area contributed by atoms with Gasteiger partial charge < -0.3 is 4.98 Å². The SMILES string of the molecule is O=S(=O)(NCCCc1c[nH]c2ccc(Cl)cc12)c1ccc(F)cc1. The Morgan fingerprint density at radius 1 is 1.12 bits per heavy atom. The molecule has 1 aromatic heterocycles. The maximum atomic E-state index is 12.9. The summed E-state index contributed by atoms with van der Waals surface area (Å²) < 4.78 is 39.6. The molecule has 2 N–H and O–H groups in total. The molecule has 126 valence electrons. The van der Waals surface area contributed by atoms with Gasteiger partial charge in [0.25, 0.3) is 0 Å². The number of H-pyrrole nitrogens is 1. The lowest BCUT2D eigenvalue weighted by Crippen LogP contribution is -2.25. The van der Waals surface area contributed by atoms with Crippen LogP contribution >= 0.6 is 11.6 Å². The standard InChI is InChI=1S/C17H16ClFN2O2S/c18-13-3-8-17-16(10-13)12(11-20-17)2-1-9-21-24(22,23)15-6-4-14(19)5-7-15/h3-8,10-11,20-21H,1-2,9H2. The molecule has 0 aliphatic heterocycles. The molecule has 0 unspecified atom stereocenters. The Labute approximate surface area is 144 Å². The molecule has 0 bridgehead atoms. The molecule has 0 radical (unpaired) electrons. The largest absolute Gasteiger partial charge is 0.361 e. The number of sulfonamides is 1. The van der Waals surface area contributed by atoms with E-state index in [4.69, 9.17) is 11.6 Å². The van der Waals surface area contributed by atoms with E-state index in [0.29, 0.717) is 24.4 Å². The van der Waals surface area contributed by atoms with Crippen molar-refractivity contribution in [1.29, 1.82) is 0 Å². The molecule has 0 spiro atoms. The first-order valence-electron chi connectivity index (χ1n) is 7.46. The van der Waals surface area contributed by atoms with Crippen molar-refractivity contribution in [1.82, 2.24) is 9.71 Å². The van der Waals surface area contributed by atoms with Gasteiger partial charge in [-0.15, -0.1) is 0 Å². The van der Waals surface area contributed by atoms with E-state index < -0.39 is 15.8 Å². The van der Waals surface area contributed by atoms with E-state index in [0.717, 1.165) is 28.6 Å². The van der Waals surface area contributed by atoms with Crippen molar-refractivity contribution in [3.8, 4) is 0 Å². The fourth-order valence-electron chi connectivity index (χ4n) is 2.54. The van der Waals surface area contributed by atoms with Crippen LogP contribution in [0.4, 0.5) is 4.39 Å². The fourth-order valence-corrected chi connectivity index (χ4v) is 3.79. The second kappa shape index (κ2) is 6.93. The lowest BCUT2D eigenvalue weighted by molar-refractivity contribution is 0.578. The quantitative estimate of drug-likeness (QED) is 0.650. The zero-order valence-electron chi connectivity index (χ0n) is 12.7. The van der Waals surface area contributed by atoms with Crippen molar-refractivity contribution in [2.75, 3.05) is 6.54 Å². The predicted molar refractivity (Wildman–Crippen MR) is 93.2 cm³/mol. The highest BCUT2D eigenvalue weighted by atomic mass is 35.5. The first-order chi connectivity index (χ1) is 11.5. The fraction of sp³-hybridized carbons (Fsp3) is 0.176. The normalized spacial score (nSPS) is 11.9. The second-order valence-electron chi connectivity index (χ2n) is 5.46. The number of nitrogens with one attached hydrogen (secondary N) is 2. The first-order valence-corrected chi connectivity index (χ1v) is 9.32. The monoisotopic (exact) mass is 366 g/mol. The molecule has 0 saturated carbocycles. The Balaban J connectivity index is 1.60. The molecule has 4 nitrogen and oxygen atoms in total. The van der Waals surface area contributed by atoms with Crippen LogP contribution < -0.4 is 4.72 Å². The number of fused-ring (bicyclic) bond motifs is 1. The molecular formula is C17H16ClFN2O2S. The topological polar surface area (TPSA) is 62.0 Å². The number of aromatic nitrogens is 1. The Kier molecular flexibility index (Phi) is 4.89. The summed E-state index contributed by atoms with van der Waals surface area (Å²) in [7, 11) is -3.61. The molecular weight excluding hydrogens is 351 g/mol. The highest BCUT2D eigenvalue weighted by Gasteiger charge is 2.13. The van der Waals surface area contributed by atoms with Gasteiger partial charge in [-0.3, -0.25) is 0 Å². The molecule has 0 atom stereocenters. The Bertz CT molecular complexity index is 952. The summed E-state index contributed by atoms with van der Waals surface area (Å²) in [5.41, 5.74) is 2.09. The van der Waals surface area contributed by atoms with Crippen LogP contribution in [-0.2, 0) is 16.4 Å². The van der Waals surface area contributed by atoms with Gasteiger partial charge in [0.2, 0.25) is 10.0 Å². The third-order valence-electron chi connectivity index (χ3n) is 3.77. The van der Waals surface area contributed by atoms with E-state index in [1.165, 1.54) is 12.1 Å². The van der Waals surface area contributed by atoms with Crippen LogP contribution in [0, 0.1) is 5.82 Å². The average Bonchev–Trinajstić information content (AvgIpc) is 2.94. The number of benzene rings is 2. The van der Waals surface area contributed by atoms with Gasteiger partial charge in [-0.05, 0) is 60.9 Å². The molecule has 0 aliphatic carbocycles. The lowest BCUT2D eigenvalue weighted by Gasteiger charge is -2.06. The number of aromatic amines is 1. The van der Waals surface area contributed by atoms with Gasteiger partial charge in [-0.2, -0.15) is 0 Å². The molecule has 1 heterocycles. The van der Waals surface area contributed by atoms with Crippen molar-refractivity contribution >= 4 is 32.5 Å². The maximum absolute atomic E-state index is 12.9. The summed E-state index contributed by atoms with van der Waals surface area (Å²) >= 11 is 6.02. The zero-order valence-corrected chi connectivity index (χ0v) is 14.3.